The van der Waals surface area contributed by atoms with Crippen molar-refractivity contribution in [2.45, 2.75) is 50.9 Å². The number of anilines is 2. The van der Waals surface area contributed by atoms with E-state index in [0.29, 0.717) is 17.3 Å². The quantitative estimate of drug-likeness (QED) is 0.557. The lowest BCUT2D eigenvalue weighted by atomic mass is 9.78. The first-order valence-corrected chi connectivity index (χ1v) is 12.3. The summed E-state index contributed by atoms with van der Waals surface area (Å²) in [5, 5.41) is 7.30. The van der Waals surface area contributed by atoms with Gasteiger partial charge < -0.3 is 15.5 Å². The molecule has 0 unspecified atom stereocenters. The minimum absolute atomic E-state index is 0.0485. The predicted molar refractivity (Wildman–Crippen MR) is 125 cm³/mol. The summed E-state index contributed by atoms with van der Waals surface area (Å²) in [6.45, 7) is 2.50. The molecule has 1 saturated carbocycles. The first-order valence-electron chi connectivity index (χ1n) is 11.5. The zero-order valence-corrected chi connectivity index (χ0v) is 19.2. The summed E-state index contributed by atoms with van der Waals surface area (Å²) in [5.74, 6) is 0.796. The fraction of sp³-hybridized carbons (Fsp3) is 0.458. The summed E-state index contributed by atoms with van der Waals surface area (Å²) in [7, 11) is 0. The molecular weight excluding hydrogens is 463 g/mol. The van der Waals surface area contributed by atoms with Gasteiger partial charge in [0.05, 0.1) is 18.2 Å². The lowest BCUT2D eigenvalue weighted by Crippen LogP contribution is -2.56. The summed E-state index contributed by atoms with van der Waals surface area (Å²) in [4.78, 5) is 23.2. The van der Waals surface area contributed by atoms with E-state index < -0.39 is 12.6 Å². The molecule has 0 radical (unpaired) electrons. The average molecular weight is 488 g/mol. The third-order valence-corrected chi connectivity index (χ3v) is 8.23. The highest BCUT2D eigenvalue weighted by Crippen LogP contribution is 2.48. The zero-order valence-electron chi connectivity index (χ0n) is 18.4. The highest BCUT2D eigenvalue weighted by atomic mass is 32.1. The number of alkyl halides is 3. The Balaban J connectivity index is 1.07. The van der Waals surface area contributed by atoms with E-state index in [0.717, 1.165) is 78.3 Å². The molecule has 0 bridgehead atoms. The summed E-state index contributed by atoms with van der Waals surface area (Å²) < 4.78 is 38.5. The Hall–Kier alpha value is -2.72. The third kappa shape index (κ3) is 4.13. The average Bonchev–Trinajstić information content (AvgIpc) is 3.44. The van der Waals surface area contributed by atoms with E-state index in [1.165, 1.54) is 6.33 Å². The molecule has 2 aliphatic heterocycles. The third-order valence-electron chi connectivity index (χ3n) is 7.18. The minimum Gasteiger partial charge on any atom is -0.355 e. The molecule has 1 saturated heterocycles. The standard InChI is InChI=1S/C24H24F3N5OS/c25-24(26,27)9-17-7-18-21(29-13-30-22(18)34-17)32-11-23(12-32)4-3-16(8-23)28-10-14-1-2-15-6-20(33)31-19(15)5-14/h1-2,5,7,13,16,28H,3-4,6,8-12H2,(H,31,33)/t16-/m0/s1. The number of thiophene rings is 1. The van der Waals surface area contributed by atoms with E-state index in [2.05, 4.69) is 37.6 Å². The Labute approximate surface area is 198 Å². The van der Waals surface area contributed by atoms with Crippen LogP contribution in [0.5, 0.6) is 0 Å². The summed E-state index contributed by atoms with van der Waals surface area (Å²) in [6.07, 6.45) is 0.0486. The molecule has 1 spiro atoms. The van der Waals surface area contributed by atoms with Gasteiger partial charge in [0.25, 0.3) is 0 Å². The van der Waals surface area contributed by atoms with E-state index in [4.69, 9.17) is 0 Å². The van der Waals surface area contributed by atoms with Crippen LogP contribution in [0.2, 0.25) is 0 Å². The van der Waals surface area contributed by atoms with Crippen LogP contribution in [-0.2, 0) is 24.2 Å². The van der Waals surface area contributed by atoms with Gasteiger partial charge in [0, 0.05) is 41.7 Å². The van der Waals surface area contributed by atoms with Crippen LogP contribution in [0, 0.1) is 5.41 Å². The normalized spacial score (nSPS) is 21.2. The van der Waals surface area contributed by atoms with Crippen molar-refractivity contribution >= 4 is 39.0 Å². The van der Waals surface area contributed by atoms with Crippen molar-refractivity contribution in [2.24, 2.45) is 5.41 Å². The Morgan fingerprint density at radius 3 is 2.91 bits per heavy atom. The highest BCUT2D eigenvalue weighted by molar-refractivity contribution is 7.18. The largest absolute Gasteiger partial charge is 0.393 e. The number of aromatic nitrogens is 2. The smallest absolute Gasteiger partial charge is 0.355 e. The molecule has 1 atom stereocenters. The van der Waals surface area contributed by atoms with E-state index in [9.17, 15) is 18.0 Å². The van der Waals surface area contributed by atoms with Gasteiger partial charge in [0.2, 0.25) is 5.91 Å². The molecule has 2 fully saturated rings. The molecule has 34 heavy (non-hydrogen) atoms. The number of carbonyl (C=O) groups is 1. The topological polar surface area (TPSA) is 70.2 Å². The van der Waals surface area contributed by atoms with Crippen molar-refractivity contribution in [1.29, 1.82) is 0 Å². The lowest BCUT2D eigenvalue weighted by molar-refractivity contribution is -0.126. The maximum atomic E-state index is 12.8. The SMILES string of the molecule is O=C1Cc2ccc(CN[C@H]3CCC4(C3)CN(c3ncnc5sc(CC(F)(F)F)cc35)C4)cc2N1. The van der Waals surface area contributed by atoms with Gasteiger partial charge in [-0.1, -0.05) is 12.1 Å². The maximum Gasteiger partial charge on any atom is 0.393 e. The fourth-order valence-corrected chi connectivity index (χ4v) is 6.67. The van der Waals surface area contributed by atoms with E-state index >= 15 is 0 Å². The second kappa shape index (κ2) is 7.91. The number of carbonyl (C=O) groups excluding carboxylic acids is 1. The van der Waals surface area contributed by atoms with E-state index in [-0.39, 0.29) is 16.2 Å². The maximum absolute atomic E-state index is 12.8. The number of hydrogen-bond acceptors (Lipinski definition) is 6. The molecule has 2 aromatic heterocycles. The molecule has 6 nitrogen and oxygen atoms in total. The molecule has 3 aliphatic rings. The molecule has 1 aliphatic carbocycles. The van der Waals surface area contributed by atoms with Crippen LogP contribution in [0.3, 0.4) is 0 Å². The van der Waals surface area contributed by atoms with Crippen LogP contribution in [0.25, 0.3) is 10.2 Å². The number of nitrogens with one attached hydrogen (secondary N) is 2. The molecule has 2 N–H and O–H groups in total. The second-order valence-corrected chi connectivity index (χ2v) is 10.9. The Bertz CT molecular complexity index is 1270. The number of benzene rings is 1. The molecule has 1 aromatic carbocycles. The highest BCUT2D eigenvalue weighted by Gasteiger charge is 2.48. The Morgan fingerprint density at radius 2 is 2.09 bits per heavy atom. The van der Waals surface area contributed by atoms with Gasteiger partial charge in [-0.25, -0.2) is 9.97 Å². The number of fused-ring (bicyclic) bond motifs is 2. The van der Waals surface area contributed by atoms with Crippen molar-refractivity contribution in [2.75, 3.05) is 23.3 Å². The lowest BCUT2D eigenvalue weighted by Gasteiger charge is -2.49. The van der Waals surface area contributed by atoms with Crippen molar-refractivity contribution in [3.63, 3.8) is 0 Å². The number of nitrogens with zero attached hydrogens (tertiary/aromatic N) is 3. The summed E-state index contributed by atoms with van der Waals surface area (Å²) in [6, 6.07) is 8.19. The van der Waals surface area contributed by atoms with Crippen LogP contribution >= 0.6 is 11.3 Å². The number of hydrogen-bond donors (Lipinski definition) is 2. The van der Waals surface area contributed by atoms with Gasteiger partial charge in [0.15, 0.2) is 0 Å². The van der Waals surface area contributed by atoms with Crippen LogP contribution in [0.4, 0.5) is 24.7 Å². The second-order valence-electron chi connectivity index (χ2n) is 9.81. The molecule has 1 amide bonds. The number of amides is 1. The van der Waals surface area contributed by atoms with Crippen LogP contribution in [0.15, 0.2) is 30.6 Å². The van der Waals surface area contributed by atoms with Gasteiger partial charge in [-0.05, 0) is 42.5 Å². The van der Waals surface area contributed by atoms with Crippen molar-refractivity contribution in [3.8, 4) is 0 Å². The molecule has 10 heteroatoms. The molecule has 3 aromatic rings. The van der Waals surface area contributed by atoms with Crippen molar-refractivity contribution < 1.29 is 18.0 Å². The van der Waals surface area contributed by atoms with Gasteiger partial charge in [-0.2, -0.15) is 13.2 Å². The van der Waals surface area contributed by atoms with E-state index in [1.807, 2.05) is 6.07 Å². The van der Waals surface area contributed by atoms with Gasteiger partial charge in [-0.15, -0.1) is 11.3 Å². The first-order chi connectivity index (χ1) is 16.3. The van der Waals surface area contributed by atoms with Crippen molar-refractivity contribution in [3.05, 3.63) is 46.6 Å². The fourth-order valence-electron chi connectivity index (χ4n) is 5.65. The van der Waals surface area contributed by atoms with Gasteiger partial charge in [-0.3, -0.25) is 4.79 Å². The first kappa shape index (κ1) is 21.8. The Morgan fingerprint density at radius 1 is 1.24 bits per heavy atom. The number of rotatable bonds is 5. The van der Waals surface area contributed by atoms with Crippen molar-refractivity contribution in [1.82, 2.24) is 15.3 Å². The number of halogens is 3. The Kier molecular flexibility index (Phi) is 5.07. The predicted octanol–water partition coefficient (Wildman–Crippen LogP) is 4.44. The van der Waals surface area contributed by atoms with Crippen LogP contribution in [0.1, 0.15) is 35.3 Å². The molecular formula is C24H24F3N5OS. The molecule has 178 valence electrons. The van der Waals surface area contributed by atoms with Crippen LogP contribution in [-0.4, -0.2) is 41.2 Å². The molecule has 6 rings (SSSR count). The van der Waals surface area contributed by atoms with Gasteiger partial charge >= 0.3 is 6.18 Å². The monoisotopic (exact) mass is 487 g/mol. The van der Waals surface area contributed by atoms with Crippen LogP contribution < -0.4 is 15.5 Å². The van der Waals surface area contributed by atoms with E-state index in [1.54, 1.807) is 6.07 Å². The molecule has 4 heterocycles. The summed E-state index contributed by atoms with van der Waals surface area (Å²) in [5.41, 5.74) is 3.36. The van der Waals surface area contributed by atoms with Gasteiger partial charge in [0.1, 0.15) is 17.0 Å². The minimum atomic E-state index is -4.23. The summed E-state index contributed by atoms with van der Waals surface area (Å²) >= 11 is 1.10. The zero-order chi connectivity index (χ0) is 23.5.